The van der Waals surface area contributed by atoms with Gasteiger partial charge in [-0.15, -0.1) is 0 Å². The van der Waals surface area contributed by atoms with Gasteiger partial charge >= 0.3 is 12.1 Å². The van der Waals surface area contributed by atoms with Crippen LogP contribution in [0.25, 0.3) is 0 Å². The molecule has 0 unspecified atom stereocenters. The van der Waals surface area contributed by atoms with Crippen molar-refractivity contribution in [3.63, 3.8) is 0 Å². The fourth-order valence-electron chi connectivity index (χ4n) is 5.60. The number of benzene rings is 2. The van der Waals surface area contributed by atoms with Gasteiger partial charge in [-0.3, -0.25) is 4.79 Å². The summed E-state index contributed by atoms with van der Waals surface area (Å²) in [6, 6.07) is 13.3. The summed E-state index contributed by atoms with van der Waals surface area (Å²) in [5.41, 5.74) is -5.27. The zero-order valence-electron chi connectivity index (χ0n) is 18.5. The first-order chi connectivity index (χ1) is 17.0. The summed E-state index contributed by atoms with van der Waals surface area (Å²) in [6.45, 7) is 0. The maximum atomic E-state index is 13.3. The molecule has 3 aromatic rings. The van der Waals surface area contributed by atoms with E-state index < -0.39 is 46.9 Å². The molecule has 5 rings (SSSR count). The molecule has 2 aliphatic rings. The molecule has 0 saturated heterocycles. The van der Waals surface area contributed by atoms with Crippen molar-refractivity contribution in [2.75, 3.05) is 7.11 Å². The number of methoxy groups -OCH3 is 1. The molecule has 0 amide bonds. The van der Waals surface area contributed by atoms with E-state index in [0.717, 1.165) is 24.3 Å². The van der Waals surface area contributed by atoms with Gasteiger partial charge in [0.25, 0.3) is 0 Å². The fraction of sp³-hybridized carbons (Fsp3) is 0.280. The number of aliphatic hydroxyl groups excluding tert-OH is 1. The van der Waals surface area contributed by atoms with Crippen LogP contribution in [0.1, 0.15) is 28.2 Å². The Hall–Kier alpha value is -3.34. The van der Waals surface area contributed by atoms with Crippen molar-refractivity contribution < 1.29 is 42.8 Å². The summed E-state index contributed by atoms with van der Waals surface area (Å²) in [5.74, 6) is -4.56. The van der Waals surface area contributed by atoms with Crippen molar-refractivity contribution in [1.29, 1.82) is 0 Å². The van der Waals surface area contributed by atoms with E-state index in [1.54, 1.807) is 30.3 Å². The number of hydrogen-bond acceptors (Lipinski definition) is 6. The van der Waals surface area contributed by atoms with Crippen LogP contribution in [0.4, 0.5) is 13.2 Å². The van der Waals surface area contributed by atoms with Crippen LogP contribution >= 0.6 is 11.6 Å². The molecule has 1 saturated carbocycles. The van der Waals surface area contributed by atoms with E-state index in [9.17, 15) is 33.3 Å². The molecule has 2 aromatic carbocycles. The predicted octanol–water partition coefficient (Wildman–Crippen LogP) is 4.10. The second-order valence-electron chi connectivity index (χ2n) is 8.70. The van der Waals surface area contributed by atoms with Gasteiger partial charge in [0.05, 0.1) is 24.2 Å². The molecule has 0 radical (unpaired) electrons. The summed E-state index contributed by atoms with van der Waals surface area (Å²) in [5, 5.41) is 33.9. The van der Waals surface area contributed by atoms with Crippen LogP contribution in [0.2, 0.25) is 5.15 Å². The van der Waals surface area contributed by atoms with Crippen molar-refractivity contribution in [2.45, 2.75) is 29.4 Å². The smallest absolute Gasteiger partial charge is 0.416 e. The lowest BCUT2D eigenvalue weighted by molar-refractivity contribution is -0.159. The minimum atomic E-state index is -4.63. The lowest BCUT2D eigenvalue weighted by Gasteiger charge is -2.40. The Bertz CT molecular complexity index is 1340. The van der Waals surface area contributed by atoms with Crippen LogP contribution < -0.4 is 9.47 Å². The summed E-state index contributed by atoms with van der Waals surface area (Å²) in [7, 11) is 1.24. The largest absolute Gasteiger partial charge is 0.481 e. The Labute approximate surface area is 207 Å². The molecule has 11 heteroatoms. The highest BCUT2D eigenvalue weighted by Gasteiger charge is 2.78. The Balaban J connectivity index is 1.87. The topological polar surface area (TPSA) is 109 Å². The van der Waals surface area contributed by atoms with Crippen LogP contribution in [0.5, 0.6) is 11.6 Å². The number of pyridine rings is 1. The van der Waals surface area contributed by atoms with E-state index in [1.807, 2.05) is 0 Å². The minimum Gasteiger partial charge on any atom is -0.481 e. The molecule has 36 heavy (non-hydrogen) atoms. The lowest BCUT2D eigenvalue weighted by Crippen LogP contribution is -2.52. The number of halogens is 4. The molecule has 1 fully saturated rings. The fourth-order valence-corrected chi connectivity index (χ4v) is 5.77. The van der Waals surface area contributed by atoms with Gasteiger partial charge in [-0.1, -0.05) is 54.1 Å². The summed E-state index contributed by atoms with van der Waals surface area (Å²) in [6.07, 6.45) is -6.61. The van der Waals surface area contributed by atoms with Crippen LogP contribution in [0.3, 0.4) is 0 Å². The predicted molar refractivity (Wildman–Crippen MR) is 120 cm³/mol. The Morgan fingerprint density at radius 2 is 1.78 bits per heavy atom. The molecule has 0 spiro atoms. The number of fused-ring (bicyclic) bond motifs is 3. The van der Waals surface area contributed by atoms with E-state index >= 15 is 0 Å². The molecule has 1 aliphatic heterocycles. The van der Waals surface area contributed by atoms with Gasteiger partial charge in [-0.05, 0) is 23.3 Å². The highest BCUT2D eigenvalue weighted by Crippen LogP contribution is 2.69. The highest BCUT2D eigenvalue weighted by atomic mass is 35.5. The van der Waals surface area contributed by atoms with Crippen LogP contribution in [-0.2, 0) is 22.2 Å². The zero-order valence-corrected chi connectivity index (χ0v) is 19.3. The molecule has 5 atom stereocenters. The number of aliphatic carboxylic acids is 1. The zero-order chi connectivity index (χ0) is 26.0. The molecule has 188 valence electrons. The number of aliphatic hydroxyl groups is 2. The van der Waals surface area contributed by atoms with Crippen molar-refractivity contribution in [3.05, 3.63) is 88.1 Å². The first kappa shape index (κ1) is 24.4. The summed E-state index contributed by atoms with van der Waals surface area (Å²) < 4.78 is 51.6. The Morgan fingerprint density at radius 1 is 1.14 bits per heavy atom. The third-order valence-electron chi connectivity index (χ3n) is 6.98. The Kier molecular flexibility index (Phi) is 5.47. The average Bonchev–Trinajstić information content (AvgIpc) is 3.21. The van der Waals surface area contributed by atoms with Crippen LogP contribution in [-0.4, -0.2) is 39.5 Å². The van der Waals surface area contributed by atoms with Gasteiger partial charge in [0.15, 0.2) is 11.2 Å². The molecular weight excluding hydrogens is 503 g/mol. The van der Waals surface area contributed by atoms with Gasteiger partial charge in [-0.25, -0.2) is 4.98 Å². The van der Waals surface area contributed by atoms with Crippen molar-refractivity contribution in [2.24, 2.45) is 5.92 Å². The van der Waals surface area contributed by atoms with Crippen molar-refractivity contribution >= 4 is 17.6 Å². The number of carboxylic acid groups (broad SMARTS) is 1. The number of alkyl halides is 3. The monoisotopic (exact) mass is 521 g/mol. The number of ether oxygens (including phenoxy) is 2. The van der Waals surface area contributed by atoms with Crippen molar-refractivity contribution in [3.8, 4) is 11.6 Å². The van der Waals surface area contributed by atoms with E-state index in [4.69, 9.17) is 21.1 Å². The molecule has 1 aromatic heterocycles. The van der Waals surface area contributed by atoms with Gasteiger partial charge in [-0.2, -0.15) is 13.2 Å². The van der Waals surface area contributed by atoms with E-state index in [1.165, 1.54) is 13.2 Å². The SMILES string of the molecule is COc1nc(Cl)cc2c1[C@]1(O)[C@H](O)[C@H](C(=O)O)[C@@H](c3ccccc3)[C@]1(c1ccc(C(F)(F)F)cc1)O2. The molecule has 3 N–H and O–H groups in total. The number of aromatic nitrogens is 1. The lowest BCUT2D eigenvalue weighted by atomic mass is 9.70. The number of rotatable bonds is 4. The first-order valence-electron chi connectivity index (χ1n) is 10.8. The number of hydrogen-bond donors (Lipinski definition) is 3. The molecule has 2 heterocycles. The first-order valence-corrected chi connectivity index (χ1v) is 11.1. The number of carboxylic acids is 1. The van der Waals surface area contributed by atoms with E-state index in [0.29, 0.717) is 5.56 Å². The molecule has 0 bridgehead atoms. The molecule has 1 aliphatic carbocycles. The Morgan fingerprint density at radius 3 is 2.33 bits per heavy atom. The maximum Gasteiger partial charge on any atom is 0.416 e. The third kappa shape index (κ3) is 3.14. The summed E-state index contributed by atoms with van der Waals surface area (Å²) >= 11 is 6.11. The average molecular weight is 522 g/mol. The highest BCUT2D eigenvalue weighted by molar-refractivity contribution is 6.29. The standard InChI is InChI=1S/C25H19ClF3NO6/c1-35-21-19-15(11-16(26)30-21)36-24(13-7-9-14(10-8-13)25(27,28)29)18(12-5-3-2-4-6-12)17(22(32)33)20(31)23(19,24)34/h2-11,17-18,20,31,34H,1H3,(H,32,33)/t17-,18-,20-,23+,24+/m1/s1. The quantitative estimate of drug-likeness (QED) is 0.444. The van der Waals surface area contributed by atoms with Gasteiger partial charge < -0.3 is 24.8 Å². The maximum absolute atomic E-state index is 13.3. The van der Waals surface area contributed by atoms with Crippen molar-refractivity contribution in [1.82, 2.24) is 4.98 Å². The number of carbonyl (C=O) groups is 1. The second-order valence-corrected chi connectivity index (χ2v) is 9.09. The molecule has 7 nitrogen and oxygen atoms in total. The van der Waals surface area contributed by atoms with Gasteiger partial charge in [0, 0.05) is 12.0 Å². The molecular formula is C25H19ClF3NO6. The van der Waals surface area contributed by atoms with Crippen LogP contribution in [0, 0.1) is 5.92 Å². The normalized spacial score (nSPS) is 28.8. The van der Waals surface area contributed by atoms with Crippen LogP contribution in [0.15, 0.2) is 60.7 Å². The third-order valence-corrected chi connectivity index (χ3v) is 7.17. The summed E-state index contributed by atoms with van der Waals surface area (Å²) in [4.78, 5) is 16.5. The van der Waals surface area contributed by atoms with Gasteiger partial charge in [0.1, 0.15) is 17.0 Å². The van der Waals surface area contributed by atoms with E-state index in [2.05, 4.69) is 4.98 Å². The second kappa shape index (κ2) is 8.09. The van der Waals surface area contributed by atoms with Gasteiger partial charge in [0.2, 0.25) is 5.88 Å². The minimum absolute atomic E-state index is 0.0176. The number of nitrogens with zero attached hydrogens (tertiary/aromatic N) is 1. The van der Waals surface area contributed by atoms with E-state index in [-0.39, 0.29) is 27.9 Å².